The van der Waals surface area contributed by atoms with E-state index < -0.39 is 0 Å². The maximum absolute atomic E-state index is 5.38. The van der Waals surface area contributed by atoms with E-state index in [9.17, 15) is 0 Å². The summed E-state index contributed by atoms with van der Waals surface area (Å²) < 4.78 is 7.02. The number of rotatable bonds is 2. The fraction of sp³-hybridized carbons (Fsp3) is 0.556. The van der Waals surface area contributed by atoms with Gasteiger partial charge in [0.25, 0.3) is 0 Å². The molecule has 1 N–H and O–H groups in total. The Hall–Kier alpha value is -1.76. The molecule has 1 aliphatic rings. The Bertz CT molecular complexity index is 503. The molecular formula is C9H12N6O. The van der Waals surface area contributed by atoms with Gasteiger partial charge < -0.3 is 10.1 Å². The van der Waals surface area contributed by atoms with E-state index in [1.54, 1.807) is 16.9 Å². The van der Waals surface area contributed by atoms with E-state index in [2.05, 4.69) is 32.7 Å². The Morgan fingerprint density at radius 3 is 3.25 bits per heavy atom. The molecule has 2 aromatic heterocycles. The molecule has 3 heterocycles. The van der Waals surface area contributed by atoms with Gasteiger partial charge in [0.05, 0.1) is 24.5 Å². The molecule has 2 aromatic rings. The van der Waals surface area contributed by atoms with Crippen LogP contribution in [-0.4, -0.2) is 43.8 Å². The molecule has 0 amide bonds. The van der Waals surface area contributed by atoms with Crippen LogP contribution < -0.4 is 5.32 Å². The highest BCUT2D eigenvalue weighted by Crippen LogP contribution is 2.23. The molecule has 0 aliphatic carbocycles. The molecule has 1 atom stereocenters. The van der Waals surface area contributed by atoms with Crippen LogP contribution in [0.5, 0.6) is 0 Å². The molecular weight excluding hydrogens is 208 g/mol. The number of fused-ring (bicyclic) bond motifs is 1. The first kappa shape index (κ1) is 9.46. The lowest BCUT2D eigenvalue weighted by Crippen LogP contribution is -2.35. The van der Waals surface area contributed by atoms with E-state index in [-0.39, 0.29) is 5.54 Å². The maximum Gasteiger partial charge on any atom is 0.199 e. The second-order valence-electron chi connectivity index (χ2n) is 4.23. The number of nitrogens with zero attached hydrogens (tertiary/aromatic N) is 5. The van der Waals surface area contributed by atoms with Gasteiger partial charge in [-0.2, -0.15) is 4.52 Å². The van der Waals surface area contributed by atoms with Gasteiger partial charge in [-0.05, 0) is 23.8 Å². The fourth-order valence-electron chi connectivity index (χ4n) is 1.84. The van der Waals surface area contributed by atoms with E-state index >= 15 is 0 Å². The Labute approximate surface area is 91.8 Å². The van der Waals surface area contributed by atoms with Crippen molar-refractivity contribution in [2.24, 2.45) is 0 Å². The Balaban J connectivity index is 1.96. The highest BCUT2D eigenvalue weighted by atomic mass is 16.5. The summed E-state index contributed by atoms with van der Waals surface area (Å²) >= 11 is 0. The van der Waals surface area contributed by atoms with Crippen molar-refractivity contribution in [3.05, 3.63) is 12.4 Å². The van der Waals surface area contributed by atoms with Crippen molar-refractivity contribution in [3.63, 3.8) is 0 Å². The predicted octanol–water partition coefficient (Wildman–Crippen LogP) is 0.110. The van der Waals surface area contributed by atoms with Crippen LogP contribution in [-0.2, 0) is 4.74 Å². The van der Waals surface area contributed by atoms with Gasteiger partial charge in [-0.1, -0.05) is 0 Å². The molecule has 1 saturated heterocycles. The van der Waals surface area contributed by atoms with Crippen LogP contribution in [0, 0.1) is 0 Å². The van der Waals surface area contributed by atoms with Gasteiger partial charge in [0.2, 0.25) is 0 Å². The van der Waals surface area contributed by atoms with Gasteiger partial charge in [0.1, 0.15) is 0 Å². The normalized spacial score (nSPS) is 25.1. The standard InChI is InChI=1S/C9H12N6O/c1-9(2-3-16-6-9)11-7-4-10-5-8-12-13-14-15(7)8/h4-5,11H,2-3,6H2,1H3. The number of hydrogen-bond acceptors (Lipinski definition) is 6. The largest absolute Gasteiger partial charge is 0.379 e. The van der Waals surface area contributed by atoms with Gasteiger partial charge >= 0.3 is 0 Å². The highest BCUT2D eigenvalue weighted by Gasteiger charge is 2.30. The zero-order chi connectivity index (χ0) is 11.0. The topological polar surface area (TPSA) is 77.2 Å². The van der Waals surface area contributed by atoms with Crippen molar-refractivity contribution in [3.8, 4) is 0 Å². The van der Waals surface area contributed by atoms with Crippen LogP contribution >= 0.6 is 0 Å². The van der Waals surface area contributed by atoms with Crippen LogP contribution in [0.1, 0.15) is 13.3 Å². The quantitative estimate of drug-likeness (QED) is 0.774. The van der Waals surface area contributed by atoms with Crippen molar-refractivity contribution < 1.29 is 4.74 Å². The van der Waals surface area contributed by atoms with E-state index in [4.69, 9.17) is 4.74 Å². The lowest BCUT2D eigenvalue weighted by Gasteiger charge is -2.24. The minimum absolute atomic E-state index is 0.0675. The molecule has 7 heteroatoms. The summed E-state index contributed by atoms with van der Waals surface area (Å²) in [5.41, 5.74) is 0.564. The molecule has 0 saturated carbocycles. The predicted molar refractivity (Wildman–Crippen MR) is 56.0 cm³/mol. The number of anilines is 1. The Morgan fingerprint density at radius 2 is 2.44 bits per heavy atom. The first-order chi connectivity index (χ1) is 7.77. The van der Waals surface area contributed by atoms with Crippen molar-refractivity contribution in [1.29, 1.82) is 0 Å². The molecule has 84 valence electrons. The molecule has 1 aliphatic heterocycles. The third-order valence-electron chi connectivity index (χ3n) is 2.76. The van der Waals surface area contributed by atoms with E-state index in [1.165, 1.54) is 0 Å². The summed E-state index contributed by atoms with van der Waals surface area (Å²) in [6, 6.07) is 0. The first-order valence-electron chi connectivity index (χ1n) is 5.15. The maximum atomic E-state index is 5.38. The lowest BCUT2D eigenvalue weighted by molar-refractivity contribution is 0.185. The third-order valence-corrected chi connectivity index (χ3v) is 2.76. The van der Waals surface area contributed by atoms with Crippen LogP contribution in [0.2, 0.25) is 0 Å². The van der Waals surface area contributed by atoms with Gasteiger partial charge in [0, 0.05) is 6.61 Å². The van der Waals surface area contributed by atoms with Gasteiger partial charge in [-0.15, -0.1) is 5.10 Å². The summed E-state index contributed by atoms with van der Waals surface area (Å²) in [5.74, 6) is 0.788. The minimum Gasteiger partial charge on any atom is -0.379 e. The molecule has 0 bridgehead atoms. The number of ether oxygens (including phenoxy) is 1. The second kappa shape index (κ2) is 3.38. The molecule has 16 heavy (non-hydrogen) atoms. The average molecular weight is 220 g/mol. The summed E-state index contributed by atoms with van der Waals surface area (Å²) in [6.07, 6.45) is 4.30. The smallest absolute Gasteiger partial charge is 0.199 e. The molecule has 0 spiro atoms. The zero-order valence-electron chi connectivity index (χ0n) is 8.92. The van der Waals surface area contributed by atoms with Crippen molar-refractivity contribution in [2.45, 2.75) is 18.9 Å². The number of tetrazole rings is 1. The molecule has 0 aromatic carbocycles. The van der Waals surface area contributed by atoms with Crippen LogP contribution in [0.4, 0.5) is 5.82 Å². The van der Waals surface area contributed by atoms with E-state index in [1.807, 2.05) is 0 Å². The van der Waals surface area contributed by atoms with Crippen LogP contribution in [0.25, 0.3) is 5.65 Å². The average Bonchev–Trinajstić information content (AvgIpc) is 2.87. The third kappa shape index (κ3) is 1.49. The Morgan fingerprint density at radius 1 is 1.50 bits per heavy atom. The van der Waals surface area contributed by atoms with E-state index in [0.717, 1.165) is 18.8 Å². The van der Waals surface area contributed by atoms with Gasteiger partial charge in [-0.3, -0.25) is 4.98 Å². The summed E-state index contributed by atoms with van der Waals surface area (Å²) in [7, 11) is 0. The highest BCUT2D eigenvalue weighted by molar-refractivity contribution is 5.45. The van der Waals surface area contributed by atoms with Gasteiger partial charge in [-0.25, -0.2) is 0 Å². The monoisotopic (exact) mass is 220 g/mol. The number of aromatic nitrogens is 5. The van der Waals surface area contributed by atoms with E-state index in [0.29, 0.717) is 12.3 Å². The second-order valence-corrected chi connectivity index (χ2v) is 4.23. The van der Waals surface area contributed by atoms with Gasteiger partial charge in [0.15, 0.2) is 11.5 Å². The minimum atomic E-state index is -0.0675. The Kier molecular flexibility index (Phi) is 2.00. The van der Waals surface area contributed by atoms with Crippen molar-refractivity contribution >= 4 is 11.5 Å². The molecule has 1 unspecified atom stereocenters. The molecule has 0 radical (unpaired) electrons. The summed E-state index contributed by atoms with van der Waals surface area (Å²) in [5, 5.41) is 14.7. The molecule has 7 nitrogen and oxygen atoms in total. The molecule has 1 fully saturated rings. The SMILES string of the molecule is CC1(Nc2cncc3nnnn23)CCOC1. The van der Waals surface area contributed by atoms with Crippen molar-refractivity contribution in [1.82, 2.24) is 25.0 Å². The van der Waals surface area contributed by atoms with Crippen LogP contribution in [0.15, 0.2) is 12.4 Å². The zero-order valence-corrected chi connectivity index (χ0v) is 8.92. The fourth-order valence-corrected chi connectivity index (χ4v) is 1.84. The first-order valence-corrected chi connectivity index (χ1v) is 5.15. The van der Waals surface area contributed by atoms with Crippen LogP contribution in [0.3, 0.4) is 0 Å². The number of nitrogens with one attached hydrogen (secondary N) is 1. The summed E-state index contributed by atoms with van der Waals surface area (Å²) in [6.45, 7) is 3.58. The number of hydrogen-bond donors (Lipinski definition) is 1. The lowest BCUT2D eigenvalue weighted by atomic mass is 10.0. The molecule has 3 rings (SSSR count). The summed E-state index contributed by atoms with van der Waals surface area (Å²) in [4.78, 5) is 4.09. The van der Waals surface area contributed by atoms with Crippen molar-refractivity contribution in [2.75, 3.05) is 18.5 Å².